The van der Waals surface area contributed by atoms with Crippen LogP contribution in [0.2, 0.25) is 5.02 Å². The molecule has 0 spiro atoms. The lowest BCUT2D eigenvalue weighted by molar-refractivity contribution is 0.102. The van der Waals surface area contributed by atoms with Gasteiger partial charge < -0.3 is 10.4 Å². The largest absolute Gasteiger partial charge is 0.506 e. The van der Waals surface area contributed by atoms with E-state index in [1.54, 1.807) is 7.05 Å². The van der Waals surface area contributed by atoms with Crippen molar-refractivity contribution < 1.29 is 18.3 Å². The van der Waals surface area contributed by atoms with E-state index in [1.807, 2.05) is 0 Å². The third-order valence-corrected chi connectivity index (χ3v) is 7.21. The number of phenolic OH excluding ortho intramolecular Hbond substituents is 1. The molecule has 1 aliphatic rings. The average molecular weight is 423 g/mol. The van der Waals surface area contributed by atoms with Crippen LogP contribution < -0.4 is 5.32 Å². The van der Waals surface area contributed by atoms with Crippen LogP contribution in [-0.2, 0) is 10.0 Å². The Morgan fingerprint density at radius 3 is 2.57 bits per heavy atom. The van der Waals surface area contributed by atoms with E-state index in [1.165, 1.54) is 46.8 Å². The maximum absolute atomic E-state index is 13.0. The summed E-state index contributed by atoms with van der Waals surface area (Å²) in [5.41, 5.74) is 0.336. The Morgan fingerprint density at radius 2 is 1.86 bits per heavy atom. The van der Waals surface area contributed by atoms with Gasteiger partial charge in [-0.15, -0.1) is 0 Å². The minimum atomic E-state index is -3.70. The van der Waals surface area contributed by atoms with Crippen LogP contribution in [0.4, 0.5) is 5.69 Å². The first kappa shape index (κ1) is 20.6. The quantitative estimate of drug-likeness (QED) is 0.705. The smallest absolute Gasteiger partial charge is 0.255 e. The van der Waals surface area contributed by atoms with Gasteiger partial charge in [-0.1, -0.05) is 36.9 Å². The molecule has 1 fully saturated rings. The van der Waals surface area contributed by atoms with Crippen LogP contribution in [0, 0.1) is 0 Å². The zero-order valence-electron chi connectivity index (χ0n) is 15.6. The Hall–Kier alpha value is -2.09. The van der Waals surface area contributed by atoms with Crippen LogP contribution in [0.5, 0.6) is 5.75 Å². The number of amides is 1. The number of hydrogen-bond donors (Lipinski definition) is 2. The van der Waals surface area contributed by atoms with Crippen LogP contribution in [-0.4, -0.2) is 36.8 Å². The van der Waals surface area contributed by atoms with Crippen LogP contribution in [0.15, 0.2) is 47.4 Å². The van der Waals surface area contributed by atoms with E-state index < -0.39 is 15.9 Å². The molecule has 150 valence electrons. The monoisotopic (exact) mass is 422 g/mol. The normalized spacial score (nSPS) is 15.5. The summed E-state index contributed by atoms with van der Waals surface area (Å²) in [6, 6.07) is 10.2. The highest BCUT2D eigenvalue weighted by Crippen LogP contribution is 2.28. The van der Waals surface area contributed by atoms with Crippen molar-refractivity contribution in [3.63, 3.8) is 0 Å². The van der Waals surface area contributed by atoms with Gasteiger partial charge in [-0.3, -0.25) is 4.79 Å². The van der Waals surface area contributed by atoms with E-state index in [0.29, 0.717) is 5.02 Å². The van der Waals surface area contributed by atoms with Gasteiger partial charge in [0.25, 0.3) is 5.91 Å². The summed E-state index contributed by atoms with van der Waals surface area (Å²) >= 11 is 5.89. The molecule has 2 aromatic carbocycles. The summed E-state index contributed by atoms with van der Waals surface area (Å²) in [5.74, 6) is -0.659. The molecule has 2 N–H and O–H groups in total. The molecule has 0 saturated heterocycles. The fourth-order valence-corrected chi connectivity index (χ4v) is 5.04. The Morgan fingerprint density at radius 1 is 1.14 bits per heavy atom. The lowest BCUT2D eigenvalue weighted by atomic mass is 9.96. The molecule has 1 amide bonds. The topological polar surface area (TPSA) is 86.7 Å². The zero-order chi connectivity index (χ0) is 20.3. The van der Waals surface area contributed by atoms with E-state index in [0.717, 1.165) is 32.1 Å². The van der Waals surface area contributed by atoms with E-state index in [4.69, 9.17) is 11.6 Å². The second-order valence-electron chi connectivity index (χ2n) is 6.96. The fraction of sp³-hybridized carbons (Fsp3) is 0.350. The molecular formula is C20H23ClN2O4S. The number of aromatic hydroxyl groups is 1. The molecule has 0 atom stereocenters. The average Bonchev–Trinajstić information content (AvgIpc) is 2.71. The zero-order valence-corrected chi connectivity index (χ0v) is 17.1. The molecule has 1 saturated carbocycles. The van der Waals surface area contributed by atoms with Gasteiger partial charge in [0.05, 0.1) is 10.6 Å². The van der Waals surface area contributed by atoms with E-state index in [2.05, 4.69) is 5.32 Å². The molecule has 6 nitrogen and oxygen atoms in total. The van der Waals surface area contributed by atoms with Gasteiger partial charge in [-0.25, -0.2) is 8.42 Å². The van der Waals surface area contributed by atoms with Crippen molar-refractivity contribution in [1.82, 2.24) is 4.31 Å². The predicted molar refractivity (Wildman–Crippen MR) is 109 cm³/mol. The van der Waals surface area contributed by atoms with Gasteiger partial charge in [-0.05, 0) is 49.2 Å². The highest BCUT2D eigenvalue weighted by Gasteiger charge is 2.29. The Kier molecular flexibility index (Phi) is 6.27. The number of benzene rings is 2. The van der Waals surface area contributed by atoms with Gasteiger partial charge in [0.1, 0.15) is 5.75 Å². The minimum Gasteiger partial charge on any atom is -0.506 e. The lowest BCUT2D eigenvalue weighted by Crippen LogP contribution is -2.38. The number of sulfonamides is 1. The highest BCUT2D eigenvalue weighted by atomic mass is 35.5. The standard InChI is InChI=1S/C20H23ClN2O4S/c1-23(16-7-3-2-4-8-16)28(26,27)17-9-5-6-14(12-17)20(25)22-18-13-15(21)10-11-19(18)24/h5-6,9-13,16,24H,2-4,7-8H2,1H3,(H,22,25). The summed E-state index contributed by atoms with van der Waals surface area (Å²) < 4.78 is 27.4. The highest BCUT2D eigenvalue weighted by molar-refractivity contribution is 7.89. The molecule has 0 aliphatic heterocycles. The SMILES string of the molecule is CN(C1CCCCC1)S(=O)(=O)c1cccc(C(=O)Nc2cc(Cl)ccc2O)c1. The van der Waals surface area contributed by atoms with Crippen LogP contribution in [0.25, 0.3) is 0 Å². The van der Waals surface area contributed by atoms with Crippen molar-refractivity contribution in [1.29, 1.82) is 0 Å². The first-order valence-electron chi connectivity index (χ1n) is 9.17. The number of hydrogen-bond acceptors (Lipinski definition) is 4. The van der Waals surface area contributed by atoms with Gasteiger partial charge in [0.2, 0.25) is 10.0 Å². The number of rotatable bonds is 5. The van der Waals surface area contributed by atoms with Gasteiger partial charge in [-0.2, -0.15) is 4.31 Å². The van der Waals surface area contributed by atoms with E-state index in [-0.39, 0.29) is 27.9 Å². The van der Waals surface area contributed by atoms with Gasteiger partial charge >= 0.3 is 0 Å². The molecule has 0 bridgehead atoms. The predicted octanol–water partition coefficient (Wildman–Crippen LogP) is 4.25. The summed E-state index contributed by atoms with van der Waals surface area (Å²) in [7, 11) is -2.10. The molecule has 0 radical (unpaired) electrons. The number of anilines is 1. The van der Waals surface area contributed by atoms with Gasteiger partial charge in [0.15, 0.2) is 0 Å². The van der Waals surface area contributed by atoms with Crippen molar-refractivity contribution in [2.75, 3.05) is 12.4 Å². The first-order chi connectivity index (χ1) is 13.3. The van der Waals surface area contributed by atoms with Crippen molar-refractivity contribution in [3.05, 3.63) is 53.1 Å². The van der Waals surface area contributed by atoms with Crippen LogP contribution in [0.1, 0.15) is 42.5 Å². The summed E-state index contributed by atoms with van der Waals surface area (Å²) in [5, 5.41) is 12.8. The second-order valence-corrected chi connectivity index (χ2v) is 9.39. The Balaban J connectivity index is 1.82. The van der Waals surface area contributed by atoms with Crippen molar-refractivity contribution in [3.8, 4) is 5.75 Å². The Labute approximate surface area is 170 Å². The molecular weight excluding hydrogens is 400 g/mol. The third-order valence-electron chi connectivity index (χ3n) is 5.07. The number of nitrogens with one attached hydrogen (secondary N) is 1. The number of halogens is 1. The van der Waals surface area contributed by atoms with Crippen molar-refractivity contribution in [2.24, 2.45) is 0 Å². The molecule has 2 aromatic rings. The van der Waals surface area contributed by atoms with Crippen LogP contribution in [0.3, 0.4) is 0 Å². The van der Waals surface area contributed by atoms with Gasteiger partial charge in [0, 0.05) is 23.7 Å². The maximum Gasteiger partial charge on any atom is 0.255 e. The van der Waals surface area contributed by atoms with E-state index >= 15 is 0 Å². The molecule has 28 heavy (non-hydrogen) atoms. The molecule has 0 heterocycles. The first-order valence-corrected chi connectivity index (χ1v) is 11.0. The number of carbonyl (C=O) groups is 1. The second kappa shape index (κ2) is 8.51. The number of phenols is 1. The molecule has 0 unspecified atom stereocenters. The number of nitrogens with zero attached hydrogens (tertiary/aromatic N) is 1. The minimum absolute atomic E-state index is 0.0142. The number of carbonyl (C=O) groups excluding carboxylic acids is 1. The van der Waals surface area contributed by atoms with E-state index in [9.17, 15) is 18.3 Å². The van der Waals surface area contributed by atoms with Crippen molar-refractivity contribution >= 4 is 33.2 Å². The van der Waals surface area contributed by atoms with Crippen molar-refractivity contribution in [2.45, 2.75) is 43.0 Å². The molecule has 0 aromatic heterocycles. The summed E-state index contributed by atoms with van der Waals surface area (Å²) in [6.45, 7) is 0. The summed E-state index contributed by atoms with van der Waals surface area (Å²) in [4.78, 5) is 12.6. The molecule has 8 heteroatoms. The fourth-order valence-electron chi connectivity index (χ4n) is 3.41. The third kappa shape index (κ3) is 4.48. The molecule has 1 aliphatic carbocycles. The maximum atomic E-state index is 13.0. The van der Waals surface area contributed by atoms with Crippen LogP contribution >= 0.6 is 11.6 Å². The Bertz CT molecular complexity index is 972. The molecule has 3 rings (SSSR count). The summed E-state index contributed by atoms with van der Waals surface area (Å²) in [6.07, 6.45) is 4.89. The lowest BCUT2D eigenvalue weighted by Gasteiger charge is -2.30.